The molecule has 18 heavy (non-hydrogen) atoms. The lowest BCUT2D eigenvalue weighted by Crippen LogP contribution is -2.40. The third-order valence-electron chi connectivity index (χ3n) is 2.90. The van der Waals surface area contributed by atoms with Crippen LogP contribution < -0.4 is 11.1 Å². The second-order valence-corrected chi connectivity index (χ2v) is 6.50. The van der Waals surface area contributed by atoms with Crippen molar-refractivity contribution in [2.24, 2.45) is 11.1 Å². The summed E-state index contributed by atoms with van der Waals surface area (Å²) < 4.78 is 1.01. The Balaban J connectivity index is 2.42. The third-order valence-corrected chi connectivity index (χ3v) is 3.39. The van der Waals surface area contributed by atoms with E-state index < -0.39 is 0 Å². The van der Waals surface area contributed by atoms with Gasteiger partial charge in [-0.1, -0.05) is 48.8 Å². The predicted molar refractivity (Wildman–Crippen MR) is 78.0 cm³/mol. The number of benzene rings is 1. The van der Waals surface area contributed by atoms with Crippen LogP contribution in [-0.4, -0.2) is 11.9 Å². The molecule has 0 aliphatic heterocycles. The minimum atomic E-state index is -0.125. The van der Waals surface area contributed by atoms with Gasteiger partial charge in [-0.15, -0.1) is 0 Å². The first kappa shape index (κ1) is 15.2. The zero-order chi connectivity index (χ0) is 13.8. The normalized spacial score (nSPS) is 13.2. The Labute approximate surface area is 117 Å². The van der Waals surface area contributed by atoms with E-state index in [2.05, 4.69) is 21.2 Å². The number of amides is 1. The Morgan fingerprint density at radius 3 is 2.67 bits per heavy atom. The predicted octanol–water partition coefficient (Wildman–Crippen LogP) is 2.83. The Morgan fingerprint density at radius 2 is 2.11 bits per heavy atom. The van der Waals surface area contributed by atoms with Gasteiger partial charge in [0.05, 0.1) is 0 Å². The molecule has 0 radical (unpaired) electrons. The highest BCUT2D eigenvalue weighted by Gasteiger charge is 2.22. The van der Waals surface area contributed by atoms with Gasteiger partial charge >= 0.3 is 0 Å². The average Bonchev–Trinajstić information content (AvgIpc) is 2.25. The number of hydrogen-bond donors (Lipinski definition) is 2. The van der Waals surface area contributed by atoms with Gasteiger partial charge < -0.3 is 11.1 Å². The summed E-state index contributed by atoms with van der Waals surface area (Å²) in [4.78, 5) is 11.8. The molecule has 100 valence electrons. The summed E-state index contributed by atoms with van der Waals surface area (Å²) in [5, 5.41) is 2.89. The molecule has 0 saturated carbocycles. The summed E-state index contributed by atoms with van der Waals surface area (Å²) in [5.41, 5.74) is 7.00. The second kappa shape index (κ2) is 6.34. The average molecular weight is 313 g/mol. The van der Waals surface area contributed by atoms with Crippen LogP contribution in [0.15, 0.2) is 28.7 Å². The quantitative estimate of drug-likeness (QED) is 0.898. The fraction of sp³-hybridized carbons (Fsp3) is 0.500. The lowest BCUT2D eigenvalue weighted by Gasteiger charge is -2.26. The van der Waals surface area contributed by atoms with E-state index in [1.165, 1.54) is 0 Å². The van der Waals surface area contributed by atoms with Crippen molar-refractivity contribution in [2.45, 2.75) is 39.8 Å². The molecule has 1 atom stereocenters. The maximum absolute atomic E-state index is 11.8. The standard InChI is InChI=1S/C14H21BrN2O/c1-14(2,3)12(16)8-13(18)17-9-10-5-4-6-11(15)7-10/h4-7,12H,8-9,16H2,1-3H3,(H,17,18). The fourth-order valence-electron chi connectivity index (χ4n) is 1.43. The van der Waals surface area contributed by atoms with E-state index in [4.69, 9.17) is 5.73 Å². The van der Waals surface area contributed by atoms with Crippen LogP contribution in [-0.2, 0) is 11.3 Å². The van der Waals surface area contributed by atoms with E-state index in [9.17, 15) is 4.79 Å². The maximum Gasteiger partial charge on any atom is 0.221 e. The van der Waals surface area contributed by atoms with Gasteiger partial charge in [-0.3, -0.25) is 4.79 Å². The van der Waals surface area contributed by atoms with Gasteiger partial charge in [0.1, 0.15) is 0 Å². The van der Waals surface area contributed by atoms with Crippen molar-refractivity contribution in [3.8, 4) is 0 Å². The van der Waals surface area contributed by atoms with Gasteiger partial charge in [-0.25, -0.2) is 0 Å². The summed E-state index contributed by atoms with van der Waals surface area (Å²) in [6.45, 7) is 6.66. The van der Waals surface area contributed by atoms with Gasteiger partial charge in [0, 0.05) is 23.5 Å². The molecule has 0 spiro atoms. The molecule has 3 N–H and O–H groups in total. The summed E-state index contributed by atoms with van der Waals surface area (Å²) >= 11 is 3.40. The first-order valence-corrected chi connectivity index (χ1v) is 6.85. The lowest BCUT2D eigenvalue weighted by atomic mass is 9.85. The highest BCUT2D eigenvalue weighted by Crippen LogP contribution is 2.19. The highest BCUT2D eigenvalue weighted by molar-refractivity contribution is 9.10. The number of nitrogens with two attached hydrogens (primary N) is 1. The summed E-state index contributed by atoms with van der Waals surface area (Å²) in [7, 11) is 0. The first-order valence-electron chi connectivity index (χ1n) is 6.06. The zero-order valence-corrected chi connectivity index (χ0v) is 12.8. The summed E-state index contributed by atoms with van der Waals surface area (Å²) in [5.74, 6) is -0.00241. The van der Waals surface area contributed by atoms with Crippen molar-refractivity contribution in [1.82, 2.24) is 5.32 Å². The number of nitrogens with one attached hydrogen (secondary N) is 1. The molecule has 3 nitrogen and oxygen atoms in total. The topological polar surface area (TPSA) is 55.1 Å². The van der Waals surface area contributed by atoms with Crippen LogP contribution in [0.1, 0.15) is 32.8 Å². The number of hydrogen-bond acceptors (Lipinski definition) is 2. The van der Waals surface area contributed by atoms with E-state index in [-0.39, 0.29) is 17.4 Å². The minimum Gasteiger partial charge on any atom is -0.352 e. The van der Waals surface area contributed by atoms with Crippen LogP contribution in [0.2, 0.25) is 0 Å². The molecule has 0 aliphatic carbocycles. The Morgan fingerprint density at radius 1 is 1.44 bits per heavy atom. The first-order chi connectivity index (χ1) is 8.29. The number of carbonyl (C=O) groups excluding carboxylic acids is 1. The van der Waals surface area contributed by atoms with Crippen LogP contribution in [0.4, 0.5) is 0 Å². The molecule has 1 aromatic carbocycles. The zero-order valence-electron chi connectivity index (χ0n) is 11.2. The van der Waals surface area contributed by atoms with Gasteiger partial charge in [0.25, 0.3) is 0 Å². The van der Waals surface area contributed by atoms with E-state index in [0.29, 0.717) is 13.0 Å². The van der Waals surface area contributed by atoms with Gasteiger partial charge in [-0.2, -0.15) is 0 Å². The molecule has 0 aliphatic rings. The fourth-order valence-corrected chi connectivity index (χ4v) is 1.87. The summed E-state index contributed by atoms with van der Waals surface area (Å²) in [6.07, 6.45) is 0.359. The molecule has 0 aromatic heterocycles. The molecule has 4 heteroatoms. The van der Waals surface area contributed by atoms with Crippen molar-refractivity contribution in [1.29, 1.82) is 0 Å². The van der Waals surface area contributed by atoms with Gasteiger partial charge in [0.2, 0.25) is 5.91 Å². The van der Waals surface area contributed by atoms with Crippen molar-refractivity contribution >= 4 is 21.8 Å². The van der Waals surface area contributed by atoms with E-state index in [1.807, 2.05) is 45.0 Å². The molecule has 0 saturated heterocycles. The van der Waals surface area contributed by atoms with Crippen molar-refractivity contribution in [3.63, 3.8) is 0 Å². The molecule has 0 heterocycles. The smallest absolute Gasteiger partial charge is 0.221 e. The number of halogens is 1. The minimum absolute atomic E-state index is 0.00241. The summed E-state index contributed by atoms with van der Waals surface area (Å²) in [6, 6.07) is 7.76. The molecule has 1 rings (SSSR count). The maximum atomic E-state index is 11.8. The van der Waals surface area contributed by atoms with E-state index in [0.717, 1.165) is 10.0 Å². The van der Waals surface area contributed by atoms with Crippen LogP contribution in [0.25, 0.3) is 0 Å². The van der Waals surface area contributed by atoms with Crippen molar-refractivity contribution in [2.75, 3.05) is 0 Å². The molecular weight excluding hydrogens is 292 g/mol. The largest absolute Gasteiger partial charge is 0.352 e. The van der Waals surface area contributed by atoms with E-state index in [1.54, 1.807) is 0 Å². The number of carbonyl (C=O) groups is 1. The monoisotopic (exact) mass is 312 g/mol. The van der Waals surface area contributed by atoms with Crippen molar-refractivity contribution < 1.29 is 4.79 Å². The molecule has 0 fully saturated rings. The van der Waals surface area contributed by atoms with E-state index >= 15 is 0 Å². The molecule has 1 amide bonds. The SMILES string of the molecule is CC(C)(C)C(N)CC(=O)NCc1cccc(Br)c1. The van der Waals surface area contributed by atoms with Crippen LogP contribution >= 0.6 is 15.9 Å². The van der Waals surface area contributed by atoms with Gasteiger partial charge in [-0.05, 0) is 23.1 Å². The Kier molecular flexibility index (Phi) is 5.35. The Hall–Kier alpha value is -0.870. The number of rotatable bonds is 4. The van der Waals surface area contributed by atoms with Crippen LogP contribution in [0.5, 0.6) is 0 Å². The lowest BCUT2D eigenvalue weighted by molar-refractivity contribution is -0.122. The molecule has 1 unspecified atom stereocenters. The molecule has 0 bridgehead atoms. The third kappa shape index (κ3) is 5.19. The van der Waals surface area contributed by atoms with Crippen LogP contribution in [0.3, 0.4) is 0 Å². The Bertz CT molecular complexity index is 413. The molecular formula is C14H21BrN2O. The molecule has 1 aromatic rings. The second-order valence-electron chi connectivity index (χ2n) is 5.58. The van der Waals surface area contributed by atoms with Crippen LogP contribution in [0, 0.1) is 5.41 Å². The van der Waals surface area contributed by atoms with Gasteiger partial charge in [0.15, 0.2) is 0 Å². The van der Waals surface area contributed by atoms with Crippen molar-refractivity contribution in [3.05, 3.63) is 34.3 Å². The highest BCUT2D eigenvalue weighted by atomic mass is 79.9.